The SMILES string of the molecule is Cc1ccccc1S(=O)(=O)N1C(c2ccc(Cl)cc2)CC=C(C(=O)N[C@@H](Cc2ccccc2)C(=O)O)[C@@H]1c1cccc(Cl)c1.[B]PP(P([B])[B])P(P(P)P)P(P(P(P([B])[B])P([B])P)P(P(P)P)P(P)P)P(P(P(P(P)P)P(P)P)P(P(P)P)P(P)P)P(P(P(P(P)P)P(P)P)P(P(P)P)P(P)P)P(P(P(P)P)P(P)P)P(P(P)P)P(P)P. The van der Waals surface area contributed by atoms with E-state index in [1.165, 1.54) is 10.4 Å². The van der Waals surface area contributed by atoms with Gasteiger partial charge in [0.1, 0.15) is 51.4 Å². The van der Waals surface area contributed by atoms with Gasteiger partial charge in [-0.3, -0.25) is 4.79 Å². The van der Waals surface area contributed by atoms with Crippen LogP contribution >= 0.6 is 554 Å². The lowest BCUT2D eigenvalue weighted by Crippen LogP contribution is -2.48. The van der Waals surface area contributed by atoms with Crippen molar-refractivity contribution in [1.29, 1.82) is 0 Å². The number of carbonyl (C=O) groups is 2. The Hall–Kier alpha value is 25.2. The number of sulfonamides is 1. The predicted molar refractivity (Wildman–Crippen MR) is 757 cm³/mol. The van der Waals surface area contributed by atoms with Gasteiger partial charge in [-0.05, 0) is 283 Å². The van der Waals surface area contributed by atoms with Gasteiger partial charge in [-0.2, -0.15) is 19.0 Å². The van der Waals surface area contributed by atoms with Crippen molar-refractivity contribution < 1.29 is 23.1 Å². The van der Waals surface area contributed by atoms with Crippen LogP contribution in [-0.4, -0.2) is 81.1 Å². The maximum Gasteiger partial charge on any atom is 0.326 e. The zero-order valence-electron chi connectivity index (χ0n) is 61.2. The molecule has 1 aliphatic heterocycles. The largest absolute Gasteiger partial charge is 0.480 e. The molecule has 4 aromatic carbocycles. The number of rotatable bonds is 44. The van der Waals surface area contributed by atoms with Gasteiger partial charge in [0.25, 0.3) is 0 Å². The molecule has 0 saturated carbocycles. The number of nitrogens with one attached hydrogen (secondary N) is 1. The van der Waals surface area contributed by atoms with Crippen molar-refractivity contribution in [2.24, 2.45) is 0 Å². The van der Waals surface area contributed by atoms with Crippen molar-refractivity contribution in [3.8, 4) is 0 Å². The number of aliphatic carboxylic acids is 1. The summed E-state index contributed by atoms with van der Waals surface area (Å²) < 4.78 is 30.7. The topological polar surface area (TPSA) is 104 Å². The highest BCUT2D eigenvalue weighted by atomic mass is 35.5. The molecule has 0 aromatic heterocycles. The molecule has 1 amide bonds. The monoisotopic (exact) mass is 2850 g/mol. The summed E-state index contributed by atoms with van der Waals surface area (Å²) in [7, 11) is 147. The van der Waals surface area contributed by atoms with Gasteiger partial charge in [0.05, 0.1) is 17.0 Å². The number of aryl methyl sites for hydroxylation is 1. The zero-order chi connectivity index (χ0) is 89.3. The first-order valence-corrected chi connectivity index (χ1v) is 156. The fourth-order valence-corrected chi connectivity index (χ4v) is 997. The first kappa shape index (κ1) is 135. The van der Waals surface area contributed by atoms with Crippen LogP contribution in [0.3, 0.4) is 0 Å². The molecule has 0 saturated heterocycles. The van der Waals surface area contributed by atoms with Gasteiger partial charge in [-0.1, -0.05) is 109 Å². The minimum Gasteiger partial charge on any atom is -0.480 e. The lowest BCUT2D eigenvalue weighted by Gasteiger charge is -2.62. The van der Waals surface area contributed by atoms with Crippen LogP contribution < -0.4 is 5.32 Å². The summed E-state index contributed by atoms with van der Waals surface area (Å²) in [5.41, 5.74) is 2.53. The molecular weight excluding hydrogens is 2760 g/mol. The summed E-state index contributed by atoms with van der Waals surface area (Å²) in [4.78, 5) is 26.4. The quantitative estimate of drug-likeness (QED) is 0.0339. The molecule has 42 atom stereocenters. The second-order valence-electron chi connectivity index (χ2n) is 22.1. The van der Waals surface area contributed by atoms with Crippen LogP contribution in [0.4, 0.5) is 0 Å². The lowest BCUT2D eigenvalue weighted by atomic mass is 9.88. The summed E-state index contributed by atoms with van der Waals surface area (Å²) in [6.07, 6.45) is 1.89. The van der Waals surface area contributed by atoms with Crippen molar-refractivity contribution in [1.82, 2.24) is 9.62 Å². The van der Waals surface area contributed by atoms with E-state index in [1.54, 1.807) is 104 Å². The standard InChI is InChI=1S/C34H30Cl2N2O5S.B6H63P67/c1-22-8-5-6-13-31(22)44(42,43)38-30(24-14-16-26(35)17-15-24)19-18-28(32(38)25-11-7-12-27(36)21-25)33(39)37-29(34(40)41)20-23-9-3-2-4-10-23;1-38-57(39(2)3)66(56(36)37)71(67(58(40(4)5)41(6)7)59(42(8)9)43(10)11)73(70(64(52(28)29)53(30)31)65(54(32)33)55(34)35)72(68(60(44(12)13)45(14)15)61(46(16)17)47(18)19)69(62(48(20)21)49(22)23)63(50(24)25)51(26)27/h2-18,21,29-30,32H,19-20H2,1H3,(H,37,39)(H,40,41);38H,7-37H2/t29-,30?,32-;/m0./s1. The van der Waals surface area contributed by atoms with Crippen molar-refractivity contribution >= 4 is 621 Å². The number of carboxylic acid groups (broad SMARTS) is 1. The van der Waals surface area contributed by atoms with Crippen LogP contribution in [0.25, 0.3) is 0 Å². The molecule has 83 heteroatoms. The van der Waals surface area contributed by atoms with Gasteiger partial charge in [-0.25, -0.2) is 13.2 Å². The van der Waals surface area contributed by atoms with E-state index in [0.29, 0.717) is 26.7 Å². The maximum atomic E-state index is 14.7. The number of amides is 1. The Kier molecular flexibility index (Phi) is 79.7. The molecular formula is C34H93B6Cl2N2O5P67S. The Morgan fingerprint density at radius 3 is 1.10 bits per heavy atom. The summed E-state index contributed by atoms with van der Waals surface area (Å²) in [5.74, 6) is -1.89. The fourth-order valence-electron chi connectivity index (χ4n) is 9.93. The third-order valence-corrected chi connectivity index (χ3v) is 495. The summed E-state index contributed by atoms with van der Waals surface area (Å²) >= 11 is 12.6. The van der Waals surface area contributed by atoms with E-state index in [0.717, 1.165) is 5.56 Å². The average molecular weight is 2850 g/mol. The van der Waals surface area contributed by atoms with Crippen molar-refractivity contribution in [2.75, 3.05) is 0 Å². The minimum atomic E-state index is -4.25. The van der Waals surface area contributed by atoms with E-state index in [9.17, 15) is 23.1 Å². The first-order chi connectivity index (χ1) is 54.3. The summed E-state index contributed by atoms with van der Waals surface area (Å²) in [5, 5.41) is 13.5. The first-order valence-electron chi connectivity index (χ1n) is 30.5. The Morgan fingerprint density at radius 2 is 0.786 bits per heavy atom. The second kappa shape index (κ2) is 69.3. The highest BCUT2D eigenvalue weighted by molar-refractivity contribution is 9.56. The van der Waals surface area contributed by atoms with Crippen molar-refractivity contribution in [3.05, 3.63) is 147 Å². The molecule has 642 valence electrons. The van der Waals surface area contributed by atoms with Gasteiger partial charge in [0.15, 0.2) is 0 Å². The smallest absolute Gasteiger partial charge is 0.326 e. The fraction of sp³-hybridized carbons (Fsp3) is 0.176. The highest BCUT2D eigenvalue weighted by Crippen LogP contribution is 3.50. The van der Waals surface area contributed by atoms with E-state index in [1.807, 2.05) is 6.07 Å². The summed E-state index contributed by atoms with van der Waals surface area (Å²) in [6.45, 7) is -14.6. The highest BCUT2D eigenvalue weighted by Gasteiger charge is 2.64. The van der Waals surface area contributed by atoms with Gasteiger partial charge < -0.3 is 10.4 Å². The molecule has 40 unspecified atom stereocenters. The third kappa shape index (κ3) is 42.0. The molecule has 117 heavy (non-hydrogen) atoms. The molecule has 1 aliphatic rings. The van der Waals surface area contributed by atoms with Crippen LogP contribution in [0.15, 0.2) is 120 Å². The normalized spacial score (nSPS) is 17.5. The third-order valence-electron chi connectivity index (χ3n) is 14.0. The van der Waals surface area contributed by atoms with Crippen LogP contribution in [0.2, 0.25) is 10.0 Å². The van der Waals surface area contributed by atoms with E-state index >= 15 is 0 Å². The Balaban J connectivity index is 0.000000551. The number of carbonyl (C=O) groups excluding carboxylic acids is 1. The van der Waals surface area contributed by atoms with E-state index in [4.69, 9.17) is 68.6 Å². The van der Waals surface area contributed by atoms with E-state index in [2.05, 4.69) is 282 Å². The maximum absolute atomic E-state index is 14.7. The number of hydrogen-bond acceptors (Lipinski definition) is 4. The van der Waals surface area contributed by atoms with Gasteiger partial charge >= 0.3 is 5.97 Å². The van der Waals surface area contributed by atoms with Crippen LogP contribution in [0, 0.1) is 6.92 Å². The van der Waals surface area contributed by atoms with Gasteiger partial charge in [0.2, 0.25) is 15.9 Å². The molecule has 5 rings (SSSR count). The average Bonchev–Trinajstić information content (AvgIpc) is 0.724. The molecule has 12 radical (unpaired) electrons. The molecule has 0 aliphatic carbocycles. The molecule has 0 fully saturated rings. The van der Waals surface area contributed by atoms with Crippen molar-refractivity contribution in [3.63, 3.8) is 0 Å². The zero-order valence-corrected chi connectivity index (χ0v) is 132. The minimum absolute atomic E-state index is 0.0512. The second-order valence-corrected chi connectivity index (χ2v) is 303. The molecule has 1 heterocycles. The number of carboxylic acids is 1. The molecule has 0 spiro atoms. The number of benzene rings is 4. The molecule has 2 N–H and O–H groups in total. The van der Waals surface area contributed by atoms with Crippen molar-refractivity contribution in [2.45, 2.75) is 42.8 Å². The Morgan fingerprint density at radius 1 is 0.444 bits per heavy atom. The molecule has 4 aromatic rings. The van der Waals surface area contributed by atoms with E-state index in [-0.39, 0.29) is 59.4 Å². The van der Waals surface area contributed by atoms with Gasteiger partial charge in [0, 0.05) is 22.0 Å². The number of nitrogens with zero attached hydrogens (tertiary/aromatic N) is 1. The predicted octanol–water partition coefficient (Wildman–Crippen LogP) is 45.5. The lowest BCUT2D eigenvalue weighted by molar-refractivity contribution is -0.141. The Labute approximate surface area is 832 Å². The molecule has 0 bridgehead atoms. The number of halogens is 2. The van der Waals surface area contributed by atoms with Crippen LogP contribution in [0.5, 0.6) is 0 Å². The molecule has 7 nitrogen and oxygen atoms in total. The van der Waals surface area contributed by atoms with Crippen LogP contribution in [0.1, 0.15) is 40.8 Å². The summed E-state index contributed by atoms with van der Waals surface area (Å²) in [6, 6.07) is 26.1. The van der Waals surface area contributed by atoms with E-state index < -0.39 is 258 Å². The van der Waals surface area contributed by atoms with Gasteiger partial charge in [-0.15, -0.1) is 292 Å². The number of hydrogen-bond donors (Lipinski definition) is 2. The Bertz CT molecular complexity index is 3630. The van der Waals surface area contributed by atoms with Crippen LogP contribution in [-0.2, 0) is 26.0 Å².